The number of carbonyl (C=O) groups excluding carboxylic acids is 1. The Morgan fingerprint density at radius 2 is 1.69 bits per heavy atom. The van der Waals surface area contributed by atoms with Gasteiger partial charge in [-0.3, -0.25) is 9.69 Å². The fraction of sp³-hybridized carbons (Fsp3) is 0.240. The van der Waals surface area contributed by atoms with Gasteiger partial charge >= 0.3 is 0 Å². The van der Waals surface area contributed by atoms with Crippen molar-refractivity contribution in [1.29, 1.82) is 0 Å². The fourth-order valence-corrected chi connectivity index (χ4v) is 4.70. The minimum Gasteiger partial charge on any atom is -0.322 e. The maximum Gasteiger partial charge on any atom is 0.256 e. The number of benzene rings is 3. The molecule has 1 heterocycles. The van der Waals surface area contributed by atoms with E-state index in [-0.39, 0.29) is 5.91 Å². The van der Waals surface area contributed by atoms with Crippen LogP contribution in [0.5, 0.6) is 0 Å². The van der Waals surface area contributed by atoms with Crippen molar-refractivity contribution in [2.75, 3.05) is 29.9 Å². The van der Waals surface area contributed by atoms with Gasteiger partial charge < -0.3 is 5.32 Å². The Morgan fingerprint density at radius 1 is 0.966 bits per heavy atom. The highest BCUT2D eigenvalue weighted by molar-refractivity contribution is 7.99. The molecule has 0 bridgehead atoms. The molecule has 1 fully saturated rings. The Hall–Kier alpha value is -2.56. The summed E-state index contributed by atoms with van der Waals surface area (Å²) in [6.07, 6.45) is 0. The number of hydrogen-bond donors (Lipinski definition) is 1. The maximum atomic E-state index is 13.0. The van der Waals surface area contributed by atoms with Crippen LogP contribution in [0.15, 0.2) is 72.8 Å². The van der Waals surface area contributed by atoms with E-state index >= 15 is 0 Å². The molecule has 1 amide bonds. The highest BCUT2D eigenvalue weighted by Crippen LogP contribution is 2.25. The Balaban J connectivity index is 1.50. The number of aryl methyl sites for hydroxylation is 1. The highest BCUT2D eigenvalue weighted by atomic mass is 32.2. The summed E-state index contributed by atoms with van der Waals surface area (Å²) in [5.74, 6) is 2.36. The van der Waals surface area contributed by atoms with E-state index in [0.29, 0.717) is 5.56 Å². The van der Waals surface area contributed by atoms with Crippen molar-refractivity contribution in [2.24, 2.45) is 0 Å². The molecule has 148 valence electrons. The minimum absolute atomic E-state index is 0.0756. The third-order valence-electron chi connectivity index (χ3n) is 5.31. The average Bonchev–Trinajstić information content (AvgIpc) is 2.77. The van der Waals surface area contributed by atoms with Crippen molar-refractivity contribution in [3.05, 3.63) is 89.5 Å². The zero-order valence-electron chi connectivity index (χ0n) is 16.7. The first-order chi connectivity index (χ1) is 14.2. The van der Waals surface area contributed by atoms with Crippen molar-refractivity contribution in [1.82, 2.24) is 4.90 Å². The molecule has 0 radical (unpaired) electrons. The van der Waals surface area contributed by atoms with Crippen LogP contribution in [0.4, 0.5) is 5.69 Å². The summed E-state index contributed by atoms with van der Waals surface area (Å²) in [7, 11) is 0. The van der Waals surface area contributed by atoms with Crippen molar-refractivity contribution < 1.29 is 4.79 Å². The van der Waals surface area contributed by atoms with Gasteiger partial charge in [-0.05, 0) is 41.3 Å². The zero-order chi connectivity index (χ0) is 20.1. The molecule has 3 aromatic carbocycles. The molecule has 0 saturated carbocycles. The lowest BCUT2D eigenvalue weighted by molar-refractivity contribution is 0.102. The first-order valence-corrected chi connectivity index (χ1v) is 11.2. The van der Waals surface area contributed by atoms with E-state index in [2.05, 4.69) is 29.3 Å². The molecule has 0 aromatic heterocycles. The molecule has 3 aromatic rings. The Bertz CT molecular complexity index is 981. The quantitative estimate of drug-likeness (QED) is 0.615. The van der Waals surface area contributed by atoms with Gasteiger partial charge in [0.1, 0.15) is 0 Å². The maximum absolute atomic E-state index is 13.0. The lowest BCUT2D eigenvalue weighted by atomic mass is 9.99. The molecule has 0 aliphatic carbocycles. The van der Waals surface area contributed by atoms with Crippen LogP contribution in [0.25, 0.3) is 11.1 Å². The molecular weight excluding hydrogens is 376 g/mol. The third-order valence-corrected chi connectivity index (χ3v) is 6.25. The normalized spacial score (nSPS) is 14.5. The molecule has 1 N–H and O–H groups in total. The SMILES string of the molecule is Cc1cc(CN2CCSCC2)ccc1NC(=O)c1ccccc1-c1ccccc1. The van der Waals surface area contributed by atoms with Crippen molar-refractivity contribution >= 4 is 23.4 Å². The van der Waals surface area contributed by atoms with E-state index in [1.807, 2.05) is 72.4 Å². The molecule has 0 unspecified atom stereocenters. The van der Waals surface area contributed by atoms with Gasteiger partial charge in [0.05, 0.1) is 0 Å². The number of rotatable bonds is 5. The van der Waals surface area contributed by atoms with E-state index in [4.69, 9.17) is 0 Å². The van der Waals surface area contributed by atoms with Crippen molar-refractivity contribution in [3.8, 4) is 11.1 Å². The lowest BCUT2D eigenvalue weighted by Gasteiger charge is -2.26. The van der Waals surface area contributed by atoms with Crippen LogP contribution in [0.2, 0.25) is 0 Å². The highest BCUT2D eigenvalue weighted by Gasteiger charge is 2.15. The number of carbonyl (C=O) groups is 1. The molecule has 4 rings (SSSR count). The van der Waals surface area contributed by atoms with E-state index in [1.165, 1.54) is 17.1 Å². The van der Waals surface area contributed by atoms with Crippen LogP contribution in [-0.4, -0.2) is 35.4 Å². The summed E-state index contributed by atoms with van der Waals surface area (Å²) in [4.78, 5) is 15.5. The molecular formula is C25H26N2OS. The van der Waals surface area contributed by atoms with E-state index in [9.17, 15) is 4.79 Å². The lowest BCUT2D eigenvalue weighted by Crippen LogP contribution is -2.31. The Labute approximate surface area is 177 Å². The smallest absolute Gasteiger partial charge is 0.256 e. The van der Waals surface area contributed by atoms with Gasteiger partial charge in [0.2, 0.25) is 0 Å². The number of nitrogens with zero attached hydrogens (tertiary/aromatic N) is 1. The van der Waals surface area contributed by atoms with E-state index < -0.39 is 0 Å². The Kier molecular flexibility index (Phi) is 6.33. The topological polar surface area (TPSA) is 32.3 Å². The van der Waals surface area contributed by atoms with Gasteiger partial charge in [-0.1, -0.05) is 60.7 Å². The van der Waals surface area contributed by atoms with Crippen LogP contribution < -0.4 is 5.32 Å². The monoisotopic (exact) mass is 402 g/mol. The average molecular weight is 403 g/mol. The van der Waals surface area contributed by atoms with Crippen LogP contribution in [0.1, 0.15) is 21.5 Å². The molecule has 29 heavy (non-hydrogen) atoms. The largest absolute Gasteiger partial charge is 0.322 e. The zero-order valence-corrected chi connectivity index (χ0v) is 17.5. The van der Waals surface area contributed by atoms with Gasteiger partial charge in [-0.25, -0.2) is 0 Å². The summed E-state index contributed by atoms with van der Waals surface area (Å²) in [6, 6.07) is 24.2. The Morgan fingerprint density at radius 3 is 2.45 bits per heavy atom. The van der Waals surface area contributed by atoms with Crippen LogP contribution >= 0.6 is 11.8 Å². The molecule has 4 heteroatoms. The molecule has 1 saturated heterocycles. The predicted octanol–water partition coefficient (Wildman–Crippen LogP) is 5.46. The van der Waals surface area contributed by atoms with Gasteiger partial charge in [0, 0.05) is 42.4 Å². The molecule has 0 spiro atoms. The summed E-state index contributed by atoms with van der Waals surface area (Å²) in [5.41, 5.74) is 5.95. The van der Waals surface area contributed by atoms with E-state index in [0.717, 1.165) is 42.0 Å². The van der Waals surface area contributed by atoms with Crippen LogP contribution in [-0.2, 0) is 6.54 Å². The number of nitrogens with one attached hydrogen (secondary N) is 1. The fourth-order valence-electron chi connectivity index (χ4n) is 3.72. The van der Waals surface area contributed by atoms with Crippen LogP contribution in [0.3, 0.4) is 0 Å². The number of thioether (sulfide) groups is 1. The molecule has 1 aliphatic heterocycles. The minimum atomic E-state index is -0.0756. The summed E-state index contributed by atoms with van der Waals surface area (Å²) in [6.45, 7) is 5.34. The number of hydrogen-bond acceptors (Lipinski definition) is 3. The van der Waals surface area contributed by atoms with Crippen molar-refractivity contribution in [3.63, 3.8) is 0 Å². The third kappa shape index (κ3) is 4.89. The molecule has 3 nitrogen and oxygen atoms in total. The predicted molar refractivity (Wildman–Crippen MR) is 124 cm³/mol. The van der Waals surface area contributed by atoms with E-state index in [1.54, 1.807) is 0 Å². The summed E-state index contributed by atoms with van der Waals surface area (Å²) >= 11 is 2.03. The van der Waals surface area contributed by atoms with Crippen LogP contribution in [0, 0.1) is 6.92 Å². The van der Waals surface area contributed by atoms with Gasteiger partial charge in [0.25, 0.3) is 5.91 Å². The second-order valence-electron chi connectivity index (χ2n) is 7.40. The summed E-state index contributed by atoms with van der Waals surface area (Å²) in [5, 5.41) is 3.11. The number of anilines is 1. The van der Waals surface area contributed by atoms with Gasteiger partial charge in [0.15, 0.2) is 0 Å². The first-order valence-electron chi connectivity index (χ1n) is 10.1. The second-order valence-corrected chi connectivity index (χ2v) is 8.63. The number of amides is 1. The van der Waals surface area contributed by atoms with Crippen molar-refractivity contribution in [2.45, 2.75) is 13.5 Å². The summed E-state index contributed by atoms with van der Waals surface area (Å²) < 4.78 is 0. The molecule has 0 atom stereocenters. The first kappa shape index (κ1) is 19.7. The van der Waals surface area contributed by atoms with Gasteiger partial charge in [-0.15, -0.1) is 0 Å². The van der Waals surface area contributed by atoms with Gasteiger partial charge in [-0.2, -0.15) is 11.8 Å². The molecule has 1 aliphatic rings. The standard InChI is InChI=1S/C25H26N2OS/c1-19-17-20(18-27-13-15-29-16-14-27)11-12-24(19)26-25(28)23-10-6-5-9-22(23)21-7-3-2-4-8-21/h2-12,17H,13-16,18H2,1H3,(H,26,28). The second kappa shape index (κ2) is 9.29.